The Morgan fingerprint density at radius 2 is 2.62 bits per heavy atom. The first-order chi connectivity index (χ1) is 6.45. The number of ether oxygens (including phenoxy) is 1. The van der Waals surface area contributed by atoms with Crippen molar-refractivity contribution in [2.45, 2.75) is 25.4 Å². The zero-order valence-electron chi connectivity index (χ0n) is 7.66. The summed E-state index contributed by atoms with van der Waals surface area (Å²) in [6, 6.07) is 4.83. The van der Waals surface area contributed by atoms with Gasteiger partial charge in [0.15, 0.2) is 0 Å². The quantitative estimate of drug-likeness (QED) is 0.800. The first-order valence-electron chi connectivity index (χ1n) is 4.78. The van der Waals surface area contributed by atoms with Crippen LogP contribution in [0.1, 0.15) is 17.7 Å². The van der Waals surface area contributed by atoms with Gasteiger partial charge in [-0.25, -0.2) is 0 Å². The Labute approximate surface area is 82.9 Å². The molecule has 72 valence electrons. The summed E-state index contributed by atoms with van der Waals surface area (Å²) in [5, 5.41) is 5.63. The molecule has 1 atom stereocenters. The van der Waals surface area contributed by atoms with E-state index in [1.54, 1.807) is 0 Å². The third kappa shape index (κ3) is 2.79. The zero-order valence-corrected chi connectivity index (χ0v) is 8.48. The Morgan fingerprint density at radius 1 is 1.62 bits per heavy atom. The molecule has 2 rings (SSSR count). The molecule has 0 spiro atoms. The first-order valence-corrected chi connectivity index (χ1v) is 5.66. The van der Waals surface area contributed by atoms with Crippen LogP contribution in [-0.4, -0.2) is 19.3 Å². The summed E-state index contributed by atoms with van der Waals surface area (Å²) in [7, 11) is 0. The minimum absolute atomic E-state index is 0.566. The lowest BCUT2D eigenvalue weighted by atomic mass is 10.1. The van der Waals surface area contributed by atoms with E-state index in [2.05, 4.69) is 22.8 Å². The second-order valence-electron chi connectivity index (χ2n) is 3.37. The highest BCUT2D eigenvalue weighted by atomic mass is 32.1. The van der Waals surface area contributed by atoms with Crippen molar-refractivity contribution in [2.75, 3.05) is 13.2 Å². The van der Waals surface area contributed by atoms with Gasteiger partial charge in [0.05, 0.1) is 6.61 Å². The van der Waals surface area contributed by atoms with Crippen molar-refractivity contribution in [3.63, 3.8) is 0 Å². The molecular formula is C10H15NOS. The second-order valence-corrected chi connectivity index (χ2v) is 4.41. The minimum atomic E-state index is 0.566. The van der Waals surface area contributed by atoms with E-state index in [1.807, 2.05) is 11.3 Å². The average molecular weight is 197 g/mol. The molecule has 1 aromatic heterocycles. The summed E-state index contributed by atoms with van der Waals surface area (Å²) in [4.78, 5) is 1.41. The normalized spacial score (nSPS) is 23.2. The van der Waals surface area contributed by atoms with Crippen LogP contribution in [0.15, 0.2) is 17.5 Å². The number of hydrogen-bond acceptors (Lipinski definition) is 3. The van der Waals surface area contributed by atoms with Gasteiger partial charge in [-0.15, -0.1) is 11.3 Å². The molecule has 1 fully saturated rings. The summed E-state index contributed by atoms with van der Waals surface area (Å²) in [5.41, 5.74) is 0. The molecule has 3 heteroatoms. The van der Waals surface area contributed by atoms with E-state index in [0.29, 0.717) is 6.04 Å². The molecule has 0 unspecified atom stereocenters. The zero-order chi connectivity index (χ0) is 8.93. The second kappa shape index (κ2) is 4.74. The van der Waals surface area contributed by atoms with Gasteiger partial charge in [-0.05, 0) is 24.3 Å². The van der Waals surface area contributed by atoms with Crippen molar-refractivity contribution in [1.29, 1.82) is 0 Å². The number of nitrogens with one attached hydrogen (secondary N) is 1. The first kappa shape index (κ1) is 9.19. The van der Waals surface area contributed by atoms with Crippen LogP contribution >= 0.6 is 11.3 Å². The highest BCUT2D eigenvalue weighted by Crippen LogP contribution is 2.10. The third-order valence-corrected chi connectivity index (χ3v) is 3.18. The van der Waals surface area contributed by atoms with Crippen LogP contribution in [0.25, 0.3) is 0 Å². The molecule has 0 amide bonds. The van der Waals surface area contributed by atoms with E-state index in [4.69, 9.17) is 4.74 Å². The average Bonchev–Trinajstić information content (AvgIpc) is 2.69. The summed E-state index contributed by atoms with van der Waals surface area (Å²) in [6.45, 7) is 2.81. The van der Waals surface area contributed by atoms with Crippen molar-refractivity contribution in [1.82, 2.24) is 5.32 Å². The number of thiophene rings is 1. The Balaban J connectivity index is 1.72. The SMILES string of the molecule is c1csc(CN[C@@H]2CCCOC2)c1. The molecule has 0 aromatic carbocycles. The monoisotopic (exact) mass is 197 g/mol. The molecule has 2 nitrogen and oxygen atoms in total. The lowest BCUT2D eigenvalue weighted by Gasteiger charge is -2.22. The Bertz CT molecular complexity index is 229. The van der Waals surface area contributed by atoms with Gasteiger partial charge in [-0.3, -0.25) is 0 Å². The lowest BCUT2D eigenvalue weighted by Crippen LogP contribution is -2.36. The molecule has 1 aliphatic heterocycles. The van der Waals surface area contributed by atoms with Crippen LogP contribution in [-0.2, 0) is 11.3 Å². The fourth-order valence-corrected chi connectivity index (χ4v) is 2.22. The van der Waals surface area contributed by atoms with Crippen LogP contribution in [0.3, 0.4) is 0 Å². The van der Waals surface area contributed by atoms with E-state index in [-0.39, 0.29) is 0 Å². The van der Waals surface area contributed by atoms with E-state index < -0.39 is 0 Å². The molecule has 0 radical (unpaired) electrons. The Morgan fingerprint density at radius 3 is 3.31 bits per heavy atom. The standard InChI is InChI=1S/C10H15NOS/c1-3-9(8-12-5-1)11-7-10-4-2-6-13-10/h2,4,6,9,11H,1,3,5,7-8H2/t9-/m1/s1. The van der Waals surface area contributed by atoms with Crippen molar-refractivity contribution < 1.29 is 4.74 Å². The van der Waals surface area contributed by atoms with Gasteiger partial charge in [0.25, 0.3) is 0 Å². The fraction of sp³-hybridized carbons (Fsp3) is 0.600. The fourth-order valence-electron chi connectivity index (χ4n) is 1.56. The molecule has 1 aliphatic rings. The summed E-state index contributed by atoms with van der Waals surface area (Å²) in [6.07, 6.45) is 2.45. The number of rotatable bonds is 3. The minimum Gasteiger partial charge on any atom is -0.380 e. The van der Waals surface area contributed by atoms with Crippen LogP contribution in [0, 0.1) is 0 Å². The smallest absolute Gasteiger partial charge is 0.0619 e. The van der Waals surface area contributed by atoms with Crippen LogP contribution in [0.2, 0.25) is 0 Å². The van der Waals surface area contributed by atoms with Crippen LogP contribution in [0.5, 0.6) is 0 Å². The van der Waals surface area contributed by atoms with Crippen LogP contribution in [0.4, 0.5) is 0 Å². The molecule has 0 aliphatic carbocycles. The maximum absolute atomic E-state index is 5.39. The molecule has 1 aromatic rings. The third-order valence-electron chi connectivity index (χ3n) is 2.31. The van der Waals surface area contributed by atoms with E-state index >= 15 is 0 Å². The van der Waals surface area contributed by atoms with Gasteiger partial charge in [0.2, 0.25) is 0 Å². The molecule has 0 saturated carbocycles. The maximum Gasteiger partial charge on any atom is 0.0619 e. The van der Waals surface area contributed by atoms with Gasteiger partial charge in [0.1, 0.15) is 0 Å². The molecule has 1 saturated heterocycles. The van der Waals surface area contributed by atoms with Gasteiger partial charge in [-0.2, -0.15) is 0 Å². The Kier molecular flexibility index (Phi) is 3.35. The summed E-state index contributed by atoms with van der Waals surface area (Å²) >= 11 is 1.81. The molecule has 1 N–H and O–H groups in total. The van der Waals surface area contributed by atoms with E-state index in [9.17, 15) is 0 Å². The largest absolute Gasteiger partial charge is 0.380 e. The van der Waals surface area contributed by atoms with Gasteiger partial charge in [-0.1, -0.05) is 6.07 Å². The number of hydrogen-bond donors (Lipinski definition) is 1. The predicted molar refractivity (Wildman–Crippen MR) is 55.0 cm³/mol. The molecule has 2 heterocycles. The highest BCUT2D eigenvalue weighted by molar-refractivity contribution is 7.09. The van der Waals surface area contributed by atoms with Crippen molar-refractivity contribution in [3.8, 4) is 0 Å². The van der Waals surface area contributed by atoms with Crippen molar-refractivity contribution in [3.05, 3.63) is 22.4 Å². The van der Waals surface area contributed by atoms with E-state index in [1.165, 1.54) is 17.7 Å². The van der Waals surface area contributed by atoms with Gasteiger partial charge < -0.3 is 10.1 Å². The highest BCUT2D eigenvalue weighted by Gasteiger charge is 2.12. The molecule has 13 heavy (non-hydrogen) atoms. The molecule has 0 bridgehead atoms. The van der Waals surface area contributed by atoms with Crippen molar-refractivity contribution in [2.24, 2.45) is 0 Å². The molecular weight excluding hydrogens is 182 g/mol. The van der Waals surface area contributed by atoms with Gasteiger partial charge >= 0.3 is 0 Å². The predicted octanol–water partition coefficient (Wildman–Crippen LogP) is 2.02. The Hall–Kier alpha value is -0.380. The topological polar surface area (TPSA) is 21.3 Å². The van der Waals surface area contributed by atoms with E-state index in [0.717, 1.165) is 19.8 Å². The van der Waals surface area contributed by atoms with Crippen LogP contribution < -0.4 is 5.32 Å². The van der Waals surface area contributed by atoms with Gasteiger partial charge in [0, 0.05) is 24.1 Å². The summed E-state index contributed by atoms with van der Waals surface area (Å²) in [5.74, 6) is 0. The maximum atomic E-state index is 5.39. The van der Waals surface area contributed by atoms with Crippen molar-refractivity contribution >= 4 is 11.3 Å². The summed E-state index contributed by atoms with van der Waals surface area (Å²) < 4.78 is 5.39. The lowest BCUT2D eigenvalue weighted by molar-refractivity contribution is 0.0700.